The topological polar surface area (TPSA) is 55.1 Å². The Morgan fingerprint density at radius 3 is 2.43 bits per heavy atom. The molecule has 0 aliphatic carbocycles. The van der Waals surface area contributed by atoms with Crippen molar-refractivity contribution in [3.8, 4) is 24.7 Å². The Morgan fingerprint density at radius 2 is 2.00 bits per heavy atom. The highest BCUT2D eigenvalue weighted by Gasteiger charge is 2.15. The Morgan fingerprint density at radius 1 is 1.43 bits per heavy atom. The highest BCUT2D eigenvalue weighted by Crippen LogP contribution is 1.97. The van der Waals surface area contributed by atoms with Crippen molar-refractivity contribution in [1.82, 2.24) is 5.32 Å². The van der Waals surface area contributed by atoms with E-state index in [1.165, 1.54) is 0 Å². The van der Waals surface area contributed by atoms with Crippen LogP contribution in [0, 0.1) is 24.7 Å². The number of terminal acetylenes is 2. The summed E-state index contributed by atoms with van der Waals surface area (Å²) in [7, 11) is 0. The van der Waals surface area contributed by atoms with Gasteiger partial charge in [0.1, 0.15) is 0 Å². The molecule has 0 fully saturated rings. The van der Waals surface area contributed by atoms with Gasteiger partial charge >= 0.3 is 0 Å². The van der Waals surface area contributed by atoms with Crippen molar-refractivity contribution in [2.24, 2.45) is 5.73 Å². The van der Waals surface area contributed by atoms with E-state index in [2.05, 4.69) is 17.2 Å². The molecule has 2 atom stereocenters. The van der Waals surface area contributed by atoms with Crippen molar-refractivity contribution in [2.75, 3.05) is 0 Å². The first-order valence-corrected chi connectivity index (χ1v) is 4.58. The summed E-state index contributed by atoms with van der Waals surface area (Å²) in [6.45, 7) is 1.95. The van der Waals surface area contributed by atoms with Crippen molar-refractivity contribution in [3.05, 3.63) is 0 Å². The summed E-state index contributed by atoms with van der Waals surface area (Å²) in [5.41, 5.74) is 5.52. The summed E-state index contributed by atoms with van der Waals surface area (Å²) in [5.74, 6) is 4.61. The number of nitrogens with two attached hydrogens (primary N) is 1. The molecule has 3 heteroatoms. The third-order valence-electron chi connectivity index (χ3n) is 1.88. The van der Waals surface area contributed by atoms with Crippen LogP contribution in [-0.4, -0.2) is 18.0 Å². The maximum absolute atomic E-state index is 11.4. The number of hydrogen-bond acceptors (Lipinski definition) is 2. The van der Waals surface area contributed by atoms with E-state index in [4.69, 9.17) is 18.6 Å². The quantitative estimate of drug-likeness (QED) is 0.614. The second-order valence-corrected chi connectivity index (χ2v) is 3.04. The Balaban J connectivity index is 4.04. The average molecular weight is 192 g/mol. The largest absolute Gasteiger partial charge is 0.351 e. The summed E-state index contributed by atoms with van der Waals surface area (Å²) in [4.78, 5) is 11.4. The van der Waals surface area contributed by atoms with Crippen LogP contribution in [0.3, 0.4) is 0 Å². The van der Waals surface area contributed by atoms with Crippen LogP contribution in [0.4, 0.5) is 0 Å². The Hall–Kier alpha value is -1.45. The smallest absolute Gasteiger partial charge is 0.238 e. The summed E-state index contributed by atoms with van der Waals surface area (Å²) >= 11 is 0. The lowest BCUT2D eigenvalue weighted by molar-refractivity contribution is -0.122. The molecule has 76 valence electrons. The normalized spacial score (nSPS) is 13.4. The van der Waals surface area contributed by atoms with Gasteiger partial charge in [-0.15, -0.1) is 24.7 Å². The maximum Gasteiger partial charge on any atom is 0.238 e. The van der Waals surface area contributed by atoms with Crippen molar-refractivity contribution in [1.29, 1.82) is 0 Å². The fourth-order valence-electron chi connectivity index (χ4n) is 0.968. The van der Waals surface area contributed by atoms with E-state index in [1.807, 2.05) is 6.92 Å². The molecule has 0 aliphatic heterocycles. The zero-order valence-corrected chi connectivity index (χ0v) is 8.42. The molecule has 3 N–H and O–H groups in total. The number of hydrogen-bond donors (Lipinski definition) is 2. The lowest BCUT2D eigenvalue weighted by atomic mass is 10.1. The van der Waals surface area contributed by atoms with Gasteiger partial charge in [-0.1, -0.05) is 6.92 Å². The lowest BCUT2D eigenvalue weighted by Gasteiger charge is -2.16. The molecule has 0 rings (SSSR count). The van der Waals surface area contributed by atoms with Crippen LogP contribution in [0.25, 0.3) is 0 Å². The molecule has 0 aliphatic rings. The van der Waals surface area contributed by atoms with E-state index in [0.29, 0.717) is 6.42 Å². The van der Waals surface area contributed by atoms with Crippen molar-refractivity contribution >= 4 is 5.91 Å². The SMILES string of the molecule is C#CCC(CC)NC(=O)C(N)CC#C. The molecule has 0 bridgehead atoms. The second-order valence-electron chi connectivity index (χ2n) is 3.04. The minimum absolute atomic E-state index is 0.00340. The van der Waals surface area contributed by atoms with Gasteiger partial charge in [-0.25, -0.2) is 0 Å². The molecular formula is C11H16N2O. The van der Waals surface area contributed by atoms with Gasteiger partial charge in [0, 0.05) is 18.9 Å². The summed E-state index contributed by atoms with van der Waals surface area (Å²) in [5, 5.41) is 2.75. The van der Waals surface area contributed by atoms with Crippen LogP contribution in [0.2, 0.25) is 0 Å². The predicted octanol–water partition coefficient (Wildman–Crippen LogP) is 0.255. The average Bonchev–Trinajstić information content (AvgIpc) is 2.17. The number of carbonyl (C=O) groups excluding carboxylic acids is 1. The van der Waals surface area contributed by atoms with Crippen LogP contribution in [-0.2, 0) is 4.79 Å². The van der Waals surface area contributed by atoms with E-state index in [1.54, 1.807) is 0 Å². The van der Waals surface area contributed by atoms with Crippen molar-refractivity contribution in [2.45, 2.75) is 38.3 Å². The van der Waals surface area contributed by atoms with E-state index < -0.39 is 6.04 Å². The van der Waals surface area contributed by atoms with E-state index in [9.17, 15) is 4.79 Å². The van der Waals surface area contributed by atoms with Gasteiger partial charge in [0.15, 0.2) is 0 Å². The molecule has 14 heavy (non-hydrogen) atoms. The van der Waals surface area contributed by atoms with Crippen molar-refractivity contribution in [3.63, 3.8) is 0 Å². The third kappa shape index (κ3) is 4.54. The van der Waals surface area contributed by atoms with E-state index in [0.717, 1.165) is 6.42 Å². The zero-order valence-electron chi connectivity index (χ0n) is 8.42. The van der Waals surface area contributed by atoms with E-state index >= 15 is 0 Å². The molecule has 0 radical (unpaired) electrons. The van der Waals surface area contributed by atoms with Gasteiger partial charge in [-0.3, -0.25) is 4.79 Å². The van der Waals surface area contributed by atoms with Gasteiger partial charge < -0.3 is 11.1 Å². The number of nitrogens with one attached hydrogen (secondary N) is 1. The number of carbonyl (C=O) groups is 1. The van der Waals surface area contributed by atoms with Crippen LogP contribution in [0.5, 0.6) is 0 Å². The van der Waals surface area contributed by atoms with Gasteiger partial charge in [0.2, 0.25) is 5.91 Å². The van der Waals surface area contributed by atoms with Gasteiger partial charge in [0.25, 0.3) is 0 Å². The summed E-state index contributed by atoms with van der Waals surface area (Å²) in [6, 6.07) is -0.636. The molecule has 0 spiro atoms. The van der Waals surface area contributed by atoms with Crippen LogP contribution < -0.4 is 11.1 Å². The lowest BCUT2D eigenvalue weighted by Crippen LogP contribution is -2.44. The third-order valence-corrected chi connectivity index (χ3v) is 1.88. The molecule has 0 aromatic rings. The monoisotopic (exact) mass is 192 g/mol. The Kier molecular flexibility index (Phi) is 6.28. The highest BCUT2D eigenvalue weighted by molar-refractivity contribution is 5.82. The molecule has 0 saturated carbocycles. The predicted molar refractivity (Wildman–Crippen MR) is 57.1 cm³/mol. The van der Waals surface area contributed by atoms with Crippen molar-refractivity contribution < 1.29 is 4.79 Å². The highest BCUT2D eigenvalue weighted by atomic mass is 16.2. The minimum atomic E-state index is -0.633. The molecule has 0 saturated heterocycles. The Bertz CT molecular complexity index is 259. The van der Waals surface area contributed by atoms with Crippen LogP contribution >= 0.6 is 0 Å². The maximum atomic E-state index is 11.4. The number of amides is 1. The molecule has 2 unspecified atom stereocenters. The Labute approximate surface area is 85.4 Å². The van der Waals surface area contributed by atoms with Crippen LogP contribution in [0.15, 0.2) is 0 Å². The second kappa shape index (κ2) is 7.00. The minimum Gasteiger partial charge on any atom is -0.351 e. The molecule has 1 amide bonds. The standard InChI is InChI=1S/C11H16N2O/c1-4-7-9(6-3)13-11(14)10(12)8-5-2/h1-2,9-10H,6-8,12H2,3H3,(H,13,14). The fourth-order valence-corrected chi connectivity index (χ4v) is 0.968. The molecule has 0 aromatic heterocycles. The zero-order chi connectivity index (χ0) is 11.0. The van der Waals surface area contributed by atoms with Gasteiger partial charge in [0.05, 0.1) is 6.04 Å². The van der Waals surface area contributed by atoms with Gasteiger partial charge in [-0.2, -0.15) is 0 Å². The summed E-state index contributed by atoms with van der Waals surface area (Å²) in [6.07, 6.45) is 11.8. The molecule has 3 nitrogen and oxygen atoms in total. The fraction of sp³-hybridized carbons (Fsp3) is 0.545. The number of rotatable bonds is 5. The summed E-state index contributed by atoms with van der Waals surface area (Å²) < 4.78 is 0. The molecule has 0 aromatic carbocycles. The van der Waals surface area contributed by atoms with Crippen LogP contribution in [0.1, 0.15) is 26.2 Å². The first kappa shape index (κ1) is 12.6. The van der Waals surface area contributed by atoms with E-state index in [-0.39, 0.29) is 18.4 Å². The molecule has 0 heterocycles. The first-order chi connectivity index (χ1) is 6.65. The first-order valence-electron chi connectivity index (χ1n) is 4.58. The molecular weight excluding hydrogens is 176 g/mol. The van der Waals surface area contributed by atoms with Gasteiger partial charge in [-0.05, 0) is 6.42 Å².